The molecular formula is C10H19N3S. The first-order valence-corrected chi connectivity index (χ1v) is 5.73. The van der Waals surface area contributed by atoms with E-state index < -0.39 is 0 Å². The van der Waals surface area contributed by atoms with E-state index in [4.69, 9.17) is 0 Å². The molecule has 0 amide bonds. The Morgan fingerprint density at radius 1 is 1.43 bits per heavy atom. The average Bonchev–Trinajstić information content (AvgIpc) is 2.48. The molecule has 0 radical (unpaired) electrons. The molecular weight excluding hydrogens is 194 g/mol. The molecule has 0 aliphatic heterocycles. The van der Waals surface area contributed by atoms with Gasteiger partial charge >= 0.3 is 0 Å². The van der Waals surface area contributed by atoms with Crippen LogP contribution in [0.5, 0.6) is 0 Å². The molecule has 80 valence electrons. The monoisotopic (exact) mass is 213 g/mol. The van der Waals surface area contributed by atoms with Crippen LogP contribution < -0.4 is 5.32 Å². The lowest BCUT2D eigenvalue weighted by Crippen LogP contribution is -2.28. The third-order valence-electron chi connectivity index (χ3n) is 2.79. The van der Waals surface area contributed by atoms with Crippen LogP contribution in [0.2, 0.25) is 0 Å². The number of nitrogens with one attached hydrogen (secondary N) is 1. The summed E-state index contributed by atoms with van der Waals surface area (Å²) in [7, 11) is 0. The first-order valence-electron chi connectivity index (χ1n) is 4.96. The molecule has 0 spiro atoms. The molecule has 14 heavy (non-hydrogen) atoms. The number of anilines is 1. The summed E-state index contributed by atoms with van der Waals surface area (Å²) < 4.78 is 4.13. The molecule has 0 aromatic carbocycles. The van der Waals surface area contributed by atoms with Gasteiger partial charge in [-0.15, -0.1) is 0 Å². The Balaban J connectivity index is 2.48. The van der Waals surface area contributed by atoms with Gasteiger partial charge in [0.25, 0.3) is 0 Å². The maximum absolute atomic E-state index is 4.27. The summed E-state index contributed by atoms with van der Waals surface area (Å²) in [6, 6.07) is 0. The van der Waals surface area contributed by atoms with Crippen molar-refractivity contribution in [3.05, 3.63) is 5.82 Å². The summed E-state index contributed by atoms with van der Waals surface area (Å²) in [5, 5.41) is 4.26. The molecule has 3 nitrogen and oxygen atoms in total. The standard InChI is InChI=1S/C10H19N3S/c1-7(2)10(4,5)6-11-9-12-8(3)13-14-9/h7H,6H2,1-5H3,(H,11,12,13). The highest BCUT2D eigenvalue weighted by molar-refractivity contribution is 7.09. The van der Waals surface area contributed by atoms with Crippen molar-refractivity contribution in [2.45, 2.75) is 34.6 Å². The summed E-state index contributed by atoms with van der Waals surface area (Å²) >= 11 is 1.43. The van der Waals surface area contributed by atoms with Gasteiger partial charge < -0.3 is 5.32 Å². The highest BCUT2D eigenvalue weighted by atomic mass is 32.1. The van der Waals surface area contributed by atoms with Crippen LogP contribution in [0.15, 0.2) is 0 Å². The zero-order valence-corrected chi connectivity index (χ0v) is 10.4. The molecule has 0 unspecified atom stereocenters. The number of rotatable bonds is 4. The lowest BCUT2D eigenvalue weighted by atomic mass is 9.81. The van der Waals surface area contributed by atoms with Gasteiger partial charge in [-0.2, -0.15) is 4.37 Å². The third kappa shape index (κ3) is 2.94. The van der Waals surface area contributed by atoms with Crippen molar-refractivity contribution in [3.8, 4) is 0 Å². The van der Waals surface area contributed by atoms with Gasteiger partial charge in [0.2, 0.25) is 5.13 Å². The second-order valence-corrected chi connectivity index (χ2v) is 5.40. The van der Waals surface area contributed by atoms with Crippen LogP contribution in [0.3, 0.4) is 0 Å². The van der Waals surface area contributed by atoms with E-state index >= 15 is 0 Å². The highest BCUT2D eigenvalue weighted by Crippen LogP contribution is 2.26. The maximum Gasteiger partial charge on any atom is 0.202 e. The molecule has 1 heterocycles. The summed E-state index contributed by atoms with van der Waals surface area (Å²) in [6.07, 6.45) is 0. The Kier molecular flexibility index (Phi) is 3.48. The van der Waals surface area contributed by atoms with E-state index in [-0.39, 0.29) is 0 Å². The Labute approximate surface area is 90.1 Å². The van der Waals surface area contributed by atoms with Crippen molar-refractivity contribution < 1.29 is 0 Å². The number of hydrogen-bond donors (Lipinski definition) is 1. The van der Waals surface area contributed by atoms with Crippen molar-refractivity contribution >= 4 is 16.7 Å². The molecule has 0 aliphatic carbocycles. The van der Waals surface area contributed by atoms with Gasteiger partial charge in [-0.1, -0.05) is 27.7 Å². The summed E-state index contributed by atoms with van der Waals surface area (Å²) in [6.45, 7) is 11.9. The van der Waals surface area contributed by atoms with E-state index in [0.717, 1.165) is 17.5 Å². The van der Waals surface area contributed by atoms with Crippen molar-refractivity contribution in [2.75, 3.05) is 11.9 Å². The van der Waals surface area contributed by atoms with Crippen LogP contribution >= 0.6 is 11.5 Å². The Bertz CT molecular complexity index is 291. The minimum Gasteiger partial charge on any atom is -0.360 e. The molecule has 0 saturated heterocycles. The van der Waals surface area contributed by atoms with Crippen molar-refractivity contribution in [2.24, 2.45) is 11.3 Å². The fraction of sp³-hybridized carbons (Fsp3) is 0.800. The quantitative estimate of drug-likeness (QED) is 0.835. The molecule has 0 aliphatic rings. The number of nitrogens with zero attached hydrogens (tertiary/aromatic N) is 2. The minimum absolute atomic E-state index is 0.291. The summed E-state index contributed by atoms with van der Waals surface area (Å²) in [4.78, 5) is 4.27. The zero-order valence-electron chi connectivity index (χ0n) is 9.59. The van der Waals surface area contributed by atoms with Gasteiger partial charge in [0, 0.05) is 18.1 Å². The van der Waals surface area contributed by atoms with E-state index in [2.05, 4.69) is 42.4 Å². The van der Waals surface area contributed by atoms with Gasteiger partial charge in [0.05, 0.1) is 0 Å². The lowest BCUT2D eigenvalue weighted by Gasteiger charge is -2.29. The second kappa shape index (κ2) is 4.26. The molecule has 0 bridgehead atoms. The molecule has 0 fully saturated rings. The van der Waals surface area contributed by atoms with Gasteiger partial charge in [0.1, 0.15) is 5.82 Å². The largest absolute Gasteiger partial charge is 0.360 e. The third-order valence-corrected chi connectivity index (χ3v) is 3.55. The molecule has 1 aromatic rings. The first kappa shape index (κ1) is 11.4. The fourth-order valence-corrected chi connectivity index (χ4v) is 1.45. The van der Waals surface area contributed by atoms with Crippen LogP contribution in [-0.4, -0.2) is 15.9 Å². The van der Waals surface area contributed by atoms with Crippen LogP contribution in [0.1, 0.15) is 33.5 Å². The lowest BCUT2D eigenvalue weighted by molar-refractivity contribution is 0.269. The van der Waals surface area contributed by atoms with Gasteiger partial charge in [-0.25, -0.2) is 4.98 Å². The summed E-state index contributed by atoms with van der Waals surface area (Å²) in [5.41, 5.74) is 0.291. The normalized spacial score (nSPS) is 12.1. The molecule has 1 rings (SSSR count). The molecule has 0 saturated carbocycles. The van der Waals surface area contributed by atoms with Crippen LogP contribution in [0.25, 0.3) is 0 Å². The fourth-order valence-electron chi connectivity index (χ4n) is 0.876. The number of aromatic nitrogens is 2. The van der Waals surface area contributed by atoms with Crippen molar-refractivity contribution in [1.82, 2.24) is 9.36 Å². The van der Waals surface area contributed by atoms with E-state index in [1.807, 2.05) is 6.92 Å². The second-order valence-electron chi connectivity index (χ2n) is 4.64. The Morgan fingerprint density at radius 3 is 2.50 bits per heavy atom. The number of hydrogen-bond acceptors (Lipinski definition) is 4. The van der Waals surface area contributed by atoms with Gasteiger partial charge in [0.15, 0.2) is 0 Å². The summed E-state index contributed by atoms with van der Waals surface area (Å²) in [5.74, 6) is 1.50. The van der Waals surface area contributed by atoms with E-state index in [1.165, 1.54) is 11.5 Å². The smallest absolute Gasteiger partial charge is 0.202 e. The SMILES string of the molecule is Cc1nsc(NCC(C)(C)C(C)C)n1. The predicted molar refractivity (Wildman–Crippen MR) is 61.8 cm³/mol. The highest BCUT2D eigenvalue weighted by Gasteiger charge is 2.22. The average molecular weight is 213 g/mol. The van der Waals surface area contributed by atoms with E-state index in [9.17, 15) is 0 Å². The number of aryl methyl sites for hydroxylation is 1. The van der Waals surface area contributed by atoms with Gasteiger partial charge in [-0.05, 0) is 18.3 Å². The first-order chi connectivity index (χ1) is 6.42. The predicted octanol–water partition coefficient (Wildman–Crippen LogP) is 2.94. The van der Waals surface area contributed by atoms with Gasteiger partial charge in [-0.3, -0.25) is 0 Å². The van der Waals surface area contributed by atoms with Crippen LogP contribution in [0.4, 0.5) is 5.13 Å². The van der Waals surface area contributed by atoms with Crippen LogP contribution in [-0.2, 0) is 0 Å². The maximum atomic E-state index is 4.27. The molecule has 4 heteroatoms. The minimum atomic E-state index is 0.291. The topological polar surface area (TPSA) is 37.8 Å². The molecule has 1 N–H and O–H groups in total. The molecule has 1 aromatic heterocycles. The van der Waals surface area contributed by atoms with E-state index in [1.54, 1.807) is 0 Å². The zero-order chi connectivity index (χ0) is 10.8. The Morgan fingerprint density at radius 2 is 2.07 bits per heavy atom. The van der Waals surface area contributed by atoms with E-state index in [0.29, 0.717) is 11.3 Å². The Hall–Kier alpha value is -0.640. The van der Waals surface area contributed by atoms with Crippen molar-refractivity contribution in [1.29, 1.82) is 0 Å². The van der Waals surface area contributed by atoms with Crippen molar-refractivity contribution in [3.63, 3.8) is 0 Å². The van der Waals surface area contributed by atoms with Crippen LogP contribution in [0, 0.1) is 18.3 Å². The molecule has 0 atom stereocenters.